The number of benzene rings is 2. The molecule has 2 atom stereocenters. The maximum atomic E-state index is 12.9. The molecule has 0 spiro atoms. The topological polar surface area (TPSA) is 94.4 Å². The fourth-order valence-corrected chi connectivity index (χ4v) is 3.63. The molecule has 2 aromatic carbocycles. The Kier molecular flexibility index (Phi) is 4.79. The Bertz CT molecular complexity index is 1050. The van der Waals surface area contributed by atoms with Crippen molar-refractivity contribution in [3.05, 3.63) is 58.6 Å². The Morgan fingerprint density at radius 1 is 1.14 bits per heavy atom. The Hall–Kier alpha value is -3.26. The lowest BCUT2D eigenvalue weighted by atomic mass is 10.1. The quantitative estimate of drug-likeness (QED) is 0.782. The summed E-state index contributed by atoms with van der Waals surface area (Å²) in [5, 5.41) is 12.3. The molecule has 1 saturated heterocycles. The van der Waals surface area contributed by atoms with Gasteiger partial charge in [0.2, 0.25) is 5.91 Å². The highest BCUT2D eigenvalue weighted by Crippen LogP contribution is 2.32. The minimum atomic E-state index is -0.963. The van der Waals surface area contributed by atoms with Crippen LogP contribution < -0.4 is 10.2 Å². The van der Waals surface area contributed by atoms with Gasteiger partial charge >= 0.3 is 0 Å². The minimum Gasteiger partial charge on any atom is -0.324 e. The second-order valence-corrected chi connectivity index (χ2v) is 7.42. The number of imide groups is 1. The first-order valence-corrected chi connectivity index (χ1v) is 9.41. The molecule has 0 unspecified atom stereocenters. The molecule has 1 fully saturated rings. The zero-order valence-electron chi connectivity index (χ0n) is 15.8. The van der Waals surface area contributed by atoms with Crippen molar-refractivity contribution in [2.75, 3.05) is 16.8 Å². The van der Waals surface area contributed by atoms with E-state index in [4.69, 9.17) is 11.6 Å². The molecule has 9 heteroatoms. The van der Waals surface area contributed by atoms with E-state index in [1.54, 1.807) is 24.3 Å². The van der Waals surface area contributed by atoms with Gasteiger partial charge in [-0.15, -0.1) is 0 Å². The van der Waals surface area contributed by atoms with E-state index >= 15 is 0 Å². The van der Waals surface area contributed by atoms with Crippen molar-refractivity contribution in [3.8, 4) is 0 Å². The summed E-state index contributed by atoms with van der Waals surface area (Å²) in [6.45, 7) is 3.68. The first kappa shape index (κ1) is 19.1. The van der Waals surface area contributed by atoms with Crippen LogP contribution in [0.25, 0.3) is 0 Å². The molecule has 0 bridgehead atoms. The number of carbonyl (C=O) groups is 3. The number of nitrogens with zero attached hydrogens (tertiary/aromatic N) is 4. The lowest BCUT2D eigenvalue weighted by Gasteiger charge is -2.20. The van der Waals surface area contributed by atoms with Crippen LogP contribution in [0.5, 0.6) is 0 Å². The SMILES string of the molecule is Cc1cccc(NC(=O)CN2N=N[C@@H]3C(=O)N(c4cccc(Cl)c4)C(=O)[C@@H]32)c1C. The zero-order chi connectivity index (χ0) is 20.7. The normalized spacial score (nSPS) is 20.4. The molecule has 148 valence electrons. The average Bonchev–Trinajstić information content (AvgIpc) is 3.19. The van der Waals surface area contributed by atoms with Gasteiger partial charge in [0.1, 0.15) is 6.54 Å². The summed E-state index contributed by atoms with van der Waals surface area (Å²) >= 11 is 5.98. The number of rotatable bonds is 4. The van der Waals surface area contributed by atoms with Gasteiger partial charge in [0.15, 0.2) is 12.1 Å². The van der Waals surface area contributed by atoms with E-state index in [9.17, 15) is 14.4 Å². The summed E-state index contributed by atoms with van der Waals surface area (Å²) in [4.78, 5) is 39.2. The Balaban J connectivity index is 1.50. The lowest BCUT2D eigenvalue weighted by Crippen LogP contribution is -2.43. The number of amides is 3. The number of fused-ring (bicyclic) bond motifs is 1. The van der Waals surface area contributed by atoms with E-state index in [1.165, 1.54) is 11.1 Å². The van der Waals surface area contributed by atoms with Gasteiger partial charge in [-0.1, -0.05) is 35.0 Å². The van der Waals surface area contributed by atoms with E-state index in [-0.39, 0.29) is 12.5 Å². The molecule has 0 saturated carbocycles. The number of halogens is 1. The largest absolute Gasteiger partial charge is 0.324 e. The Morgan fingerprint density at radius 3 is 2.66 bits per heavy atom. The third-order valence-corrected chi connectivity index (χ3v) is 5.34. The van der Waals surface area contributed by atoms with Crippen LogP contribution in [0.1, 0.15) is 11.1 Å². The van der Waals surface area contributed by atoms with Gasteiger partial charge in [-0.2, -0.15) is 5.11 Å². The van der Waals surface area contributed by atoms with Gasteiger partial charge in [-0.05, 0) is 49.2 Å². The third kappa shape index (κ3) is 3.36. The van der Waals surface area contributed by atoms with Crippen LogP contribution in [-0.4, -0.2) is 41.4 Å². The monoisotopic (exact) mass is 411 g/mol. The van der Waals surface area contributed by atoms with E-state index in [2.05, 4.69) is 15.7 Å². The molecular formula is C20H18ClN5O3. The van der Waals surface area contributed by atoms with Crippen molar-refractivity contribution in [1.82, 2.24) is 5.01 Å². The zero-order valence-corrected chi connectivity index (χ0v) is 16.6. The summed E-state index contributed by atoms with van der Waals surface area (Å²) in [6, 6.07) is 10.2. The highest BCUT2D eigenvalue weighted by atomic mass is 35.5. The third-order valence-electron chi connectivity index (χ3n) is 5.11. The fraction of sp³-hybridized carbons (Fsp3) is 0.250. The summed E-state index contributed by atoms with van der Waals surface area (Å²) in [5.74, 6) is -1.31. The van der Waals surface area contributed by atoms with Crippen LogP contribution >= 0.6 is 11.6 Å². The number of carbonyl (C=O) groups excluding carboxylic acids is 3. The number of hydrogen-bond acceptors (Lipinski definition) is 6. The molecule has 3 amide bonds. The molecular weight excluding hydrogens is 394 g/mol. The standard InChI is InChI=1S/C20H18ClN5O3/c1-11-5-3-8-15(12(11)2)22-16(27)10-25-18-17(23-24-25)19(28)26(20(18)29)14-7-4-6-13(21)9-14/h3-9,17-18H,10H2,1-2H3,(H,22,27)/t17-,18+/m0/s1. The van der Waals surface area contributed by atoms with Crippen molar-refractivity contribution >= 4 is 40.7 Å². The van der Waals surface area contributed by atoms with Crippen LogP contribution in [0, 0.1) is 13.8 Å². The van der Waals surface area contributed by atoms with Gasteiger partial charge in [-0.25, -0.2) is 4.90 Å². The van der Waals surface area contributed by atoms with Crippen LogP contribution in [0.2, 0.25) is 5.02 Å². The molecule has 29 heavy (non-hydrogen) atoms. The molecule has 2 heterocycles. The summed E-state index contributed by atoms with van der Waals surface area (Å²) in [6.07, 6.45) is 0. The van der Waals surface area contributed by atoms with Crippen LogP contribution in [0.15, 0.2) is 52.8 Å². The first-order chi connectivity index (χ1) is 13.9. The fourth-order valence-electron chi connectivity index (χ4n) is 3.45. The maximum Gasteiger partial charge on any atom is 0.263 e. The predicted molar refractivity (Wildman–Crippen MR) is 108 cm³/mol. The van der Waals surface area contributed by atoms with Crippen molar-refractivity contribution < 1.29 is 14.4 Å². The average molecular weight is 412 g/mol. The summed E-state index contributed by atoms with van der Waals surface area (Å²) < 4.78 is 0. The molecule has 0 aliphatic carbocycles. The molecule has 2 aliphatic rings. The summed E-state index contributed by atoms with van der Waals surface area (Å²) in [5.41, 5.74) is 3.08. The molecule has 2 aliphatic heterocycles. The van der Waals surface area contributed by atoms with E-state index in [0.29, 0.717) is 16.4 Å². The number of anilines is 2. The highest BCUT2D eigenvalue weighted by Gasteiger charge is 2.55. The van der Waals surface area contributed by atoms with Crippen molar-refractivity contribution in [3.63, 3.8) is 0 Å². The second-order valence-electron chi connectivity index (χ2n) is 6.98. The van der Waals surface area contributed by atoms with Crippen molar-refractivity contribution in [1.29, 1.82) is 0 Å². The van der Waals surface area contributed by atoms with E-state index < -0.39 is 23.9 Å². The van der Waals surface area contributed by atoms with Gasteiger partial charge < -0.3 is 5.32 Å². The van der Waals surface area contributed by atoms with Crippen LogP contribution in [-0.2, 0) is 14.4 Å². The highest BCUT2D eigenvalue weighted by molar-refractivity contribution is 6.31. The molecule has 8 nitrogen and oxygen atoms in total. The molecule has 4 rings (SSSR count). The number of hydrogen-bond donors (Lipinski definition) is 1. The van der Waals surface area contributed by atoms with E-state index in [1.807, 2.05) is 26.0 Å². The Morgan fingerprint density at radius 2 is 1.90 bits per heavy atom. The molecule has 0 aromatic heterocycles. The maximum absolute atomic E-state index is 12.9. The second kappa shape index (κ2) is 7.29. The minimum absolute atomic E-state index is 0.194. The predicted octanol–water partition coefficient (Wildman–Crippen LogP) is 2.89. The van der Waals surface area contributed by atoms with Gasteiger partial charge in [0, 0.05) is 10.7 Å². The lowest BCUT2D eigenvalue weighted by molar-refractivity contribution is -0.123. The van der Waals surface area contributed by atoms with E-state index in [0.717, 1.165) is 16.0 Å². The van der Waals surface area contributed by atoms with Gasteiger partial charge in [0.25, 0.3) is 11.8 Å². The van der Waals surface area contributed by atoms with Crippen LogP contribution in [0.4, 0.5) is 11.4 Å². The smallest absolute Gasteiger partial charge is 0.263 e. The van der Waals surface area contributed by atoms with Crippen molar-refractivity contribution in [2.45, 2.75) is 25.9 Å². The molecule has 0 radical (unpaired) electrons. The summed E-state index contributed by atoms with van der Waals surface area (Å²) in [7, 11) is 0. The number of nitrogens with one attached hydrogen (secondary N) is 1. The Labute approximate surface area is 172 Å². The van der Waals surface area contributed by atoms with Gasteiger partial charge in [-0.3, -0.25) is 19.4 Å². The number of aryl methyl sites for hydroxylation is 1. The van der Waals surface area contributed by atoms with Gasteiger partial charge in [0.05, 0.1) is 5.69 Å². The van der Waals surface area contributed by atoms with Crippen LogP contribution in [0.3, 0.4) is 0 Å². The molecule has 2 aromatic rings. The first-order valence-electron chi connectivity index (χ1n) is 9.03. The van der Waals surface area contributed by atoms with Crippen molar-refractivity contribution in [2.24, 2.45) is 10.3 Å². The molecule has 1 N–H and O–H groups in total.